The van der Waals surface area contributed by atoms with Crippen LogP contribution in [-0.4, -0.2) is 39.1 Å². The second-order valence-corrected chi connectivity index (χ2v) is 10.1. The molecule has 34 heavy (non-hydrogen) atoms. The quantitative estimate of drug-likeness (QED) is 0.580. The molecule has 2 aliphatic rings. The molecule has 5 rings (SSSR count). The minimum absolute atomic E-state index is 0.129. The number of amides is 3. The van der Waals surface area contributed by atoms with Crippen LogP contribution in [0.25, 0.3) is 10.6 Å². The standard InChI is InChI=1S/C25H27N5O3S/c1-16(31)26-18-9-11-19(12-10-18)30-23(32)21-14-20(22-8-5-13-34-22)28-29(21)15-25(30,2)24(33)27-17-6-3-4-7-17/h5,8-14,17H,3-4,6-7,15H2,1-2H3,(H,26,31)(H,27,33). The van der Waals surface area contributed by atoms with E-state index in [1.54, 1.807) is 58.2 Å². The van der Waals surface area contributed by atoms with Crippen LogP contribution in [0.5, 0.6) is 0 Å². The summed E-state index contributed by atoms with van der Waals surface area (Å²) in [6.45, 7) is 3.48. The number of benzene rings is 1. The molecule has 1 fully saturated rings. The number of aromatic nitrogens is 2. The molecule has 1 aliphatic carbocycles. The van der Waals surface area contributed by atoms with Crippen LogP contribution < -0.4 is 15.5 Å². The molecule has 3 amide bonds. The summed E-state index contributed by atoms with van der Waals surface area (Å²) in [4.78, 5) is 41.5. The Balaban J connectivity index is 1.54. The largest absolute Gasteiger partial charge is 0.351 e. The summed E-state index contributed by atoms with van der Waals surface area (Å²) >= 11 is 1.56. The second-order valence-electron chi connectivity index (χ2n) is 9.15. The van der Waals surface area contributed by atoms with E-state index in [1.807, 2.05) is 17.5 Å². The van der Waals surface area contributed by atoms with Crippen LogP contribution >= 0.6 is 11.3 Å². The van der Waals surface area contributed by atoms with E-state index in [9.17, 15) is 14.4 Å². The summed E-state index contributed by atoms with van der Waals surface area (Å²) in [5.74, 6) is -0.636. The van der Waals surface area contributed by atoms with Crippen molar-refractivity contribution in [2.75, 3.05) is 10.2 Å². The third-order valence-corrected chi connectivity index (χ3v) is 7.44. The zero-order chi connectivity index (χ0) is 23.9. The molecule has 1 atom stereocenters. The van der Waals surface area contributed by atoms with Crippen LogP contribution in [0.4, 0.5) is 11.4 Å². The molecule has 176 valence electrons. The van der Waals surface area contributed by atoms with E-state index in [2.05, 4.69) is 15.7 Å². The van der Waals surface area contributed by atoms with Gasteiger partial charge >= 0.3 is 0 Å². The molecule has 3 aromatic rings. The third-order valence-electron chi connectivity index (χ3n) is 6.55. The number of hydrogen-bond acceptors (Lipinski definition) is 5. The fourth-order valence-electron chi connectivity index (χ4n) is 4.84. The number of carbonyl (C=O) groups is 3. The van der Waals surface area contributed by atoms with Gasteiger partial charge in [-0.2, -0.15) is 5.10 Å². The van der Waals surface area contributed by atoms with Gasteiger partial charge in [0.25, 0.3) is 5.91 Å². The van der Waals surface area contributed by atoms with Gasteiger partial charge in [0, 0.05) is 24.3 Å². The monoisotopic (exact) mass is 477 g/mol. The smallest absolute Gasteiger partial charge is 0.277 e. The van der Waals surface area contributed by atoms with Crippen molar-refractivity contribution >= 4 is 40.4 Å². The van der Waals surface area contributed by atoms with Crippen LogP contribution in [-0.2, 0) is 16.1 Å². The van der Waals surface area contributed by atoms with Gasteiger partial charge in [0.05, 0.1) is 11.4 Å². The highest BCUT2D eigenvalue weighted by Gasteiger charge is 2.49. The normalized spacial score (nSPS) is 20.3. The highest BCUT2D eigenvalue weighted by atomic mass is 32.1. The van der Waals surface area contributed by atoms with E-state index < -0.39 is 5.54 Å². The van der Waals surface area contributed by atoms with Crippen molar-refractivity contribution in [1.29, 1.82) is 0 Å². The maximum absolute atomic E-state index is 13.8. The molecular formula is C25H27N5O3S. The lowest BCUT2D eigenvalue weighted by Crippen LogP contribution is -2.65. The van der Waals surface area contributed by atoms with Crippen LogP contribution in [0, 0.1) is 0 Å². The molecule has 1 aromatic carbocycles. The van der Waals surface area contributed by atoms with Crippen molar-refractivity contribution in [3.05, 3.63) is 53.5 Å². The van der Waals surface area contributed by atoms with E-state index in [1.165, 1.54) is 6.92 Å². The van der Waals surface area contributed by atoms with Crippen LogP contribution in [0.1, 0.15) is 50.0 Å². The first-order chi connectivity index (χ1) is 16.3. The number of nitrogens with zero attached hydrogens (tertiary/aromatic N) is 3. The zero-order valence-corrected chi connectivity index (χ0v) is 20.0. The molecule has 9 heteroatoms. The summed E-state index contributed by atoms with van der Waals surface area (Å²) in [6.07, 6.45) is 4.11. The minimum Gasteiger partial charge on any atom is -0.351 e. The van der Waals surface area contributed by atoms with Gasteiger partial charge in [0.1, 0.15) is 16.9 Å². The van der Waals surface area contributed by atoms with Gasteiger partial charge in [-0.25, -0.2) is 0 Å². The Bertz CT molecular complexity index is 1230. The van der Waals surface area contributed by atoms with Crippen LogP contribution in [0.3, 0.4) is 0 Å². The molecular weight excluding hydrogens is 450 g/mol. The molecule has 1 aliphatic heterocycles. The fraction of sp³-hybridized carbons (Fsp3) is 0.360. The molecule has 0 saturated heterocycles. The molecule has 2 aromatic heterocycles. The van der Waals surface area contributed by atoms with Crippen LogP contribution in [0.15, 0.2) is 47.8 Å². The highest BCUT2D eigenvalue weighted by molar-refractivity contribution is 7.13. The fourth-order valence-corrected chi connectivity index (χ4v) is 5.52. The van der Waals surface area contributed by atoms with Gasteiger partial charge in [0.15, 0.2) is 0 Å². The number of hydrogen-bond donors (Lipinski definition) is 2. The topological polar surface area (TPSA) is 96.3 Å². The Labute approximate surface area is 202 Å². The van der Waals surface area contributed by atoms with Crippen LogP contribution in [0.2, 0.25) is 0 Å². The lowest BCUT2D eigenvalue weighted by molar-refractivity contribution is -0.127. The van der Waals surface area contributed by atoms with Gasteiger partial charge < -0.3 is 10.6 Å². The minimum atomic E-state index is -1.17. The number of fused-ring (bicyclic) bond motifs is 1. The number of carbonyl (C=O) groups excluding carboxylic acids is 3. The van der Waals surface area contributed by atoms with Crippen molar-refractivity contribution in [2.24, 2.45) is 0 Å². The first-order valence-corrected chi connectivity index (χ1v) is 12.4. The molecule has 3 heterocycles. The van der Waals surface area contributed by atoms with Gasteiger partial charge in [-0.1, -0.05) is 18.9 Å². The number of thiophene rings is 1. The van der Waals surface area contributed by atoms with Crippen molar-refractivity contribution < 1.29 is 14.4 Å². The first-order valence-electron chi connectivity index (χ1n) is 11.5. The summed E-state index contributed by atoms with van der Waals surface area (Å²) < 4.78 is 1.66. The second kappa shape index (κ2) is 8.72. The van der Waals surface area contributed by atoms with Gasteiger partial charge in [-0.05, 0) is 61.5 Å². The Morgan fingerprint density at radius 2 is 1.88 bits per heavy atom. The first kappa shape index (κ1) is 22.3. The van der Waals surface area contributed by atoms with Gasteiger partial charge in [-0.15, -0.1) is 11.3 Å². The average molecular weight is 478 g/mol. The molecule has 2 N–H and O–H groups in total. The summed E-state index contributed by atoms with van der Waals surface area (Å²) in [7, 11) is 0. The number of rotatable bonds is 5. The van der Waals surface area contributed by atoms with Crippen molar-refractivity contribution in [1.82, 2.24) is 15.1 Å². The lowest BCUT2D eigenvalue weighted by Gasteiger charge is -2.43. The maximum atomic E-state index is 13.8. The van der Waals surface area contributed by atoms with E-state index in [-0.39, 0.29) is 30.3 Å². The Kier molecular flexibility index (Phi) is 5.73. The Morgan fingerprint density at radius 1 is 1.15 bits per heavy atom. The number of nitrogens with one attached hydrogen (secondary N) is 2. The van der Waals surface area contributed by atoms with Crippen molar-refractivity contribution in [2.45, 2.75) is 57.7 Å². The molecule has 0 spiro atoms. The summed E-state index contributed by atoms with van der Waals surface area (Å²) in [6, 6.07) is 12.8. The van der Waals surface area contributed by atoms with E-state index in [4.69, 9.17) is 0 Å². The molecule has 1 unspecified atom stereocenters. The molecule has 8 nitrogen and oxygen atoms in total. The van der Waals surface area contributed by atoms with E-state index >= 15 is 0 Å². The third kappa shape index (κ3) is 4.00. The summed E-state index contributed by atoms with van der Waals surface area (Å²) in [5.41, 5.74) is 1.22. The molecule has 1 saturated carbocycles. The maximum Gasteiger partial charge on any atom is 0.277 e. The van der Waals surface area contributed by atoms with E-state index in [0.29, 0.717) is 17.1 Å². The lowest BCUT2D eigenvalue weighted by atomic mass is 9.93. The Morgan fingerprint density at radius 3 is 2.53 bits per heavy atom. The summed E-state index contributed by atoms with van der Waals surface area (Å²) in [5, 5.41) is 12.6. The average Bonchev–Trinajstić information content (AvgIpc) is 3.56. The highest BCUT2D eigenvalue weighted by Crippen LogP contribution is 2.35. The molecule has 0 radical (unpaired) electrons. The Hall–Kier alpha value is -3.46. The van der Waals surface area contributed by atoms with Gasteiger partial charge in [-0.3, -0.25) is 24.0 Å². The van der Waals surface area contributed by atoms with E-state index in [0.717, 1.165) is 36.3 Å². The van der Waals surface area contributed by atoms with Crippen molar-refractivity contribution in [3.63, 3.8) is 0 Å². The predicted molar refractivity (Wildman–Crippen MR) is 132 cm³/mol. The zero-order valence-electron chi connectivity index (χ0n) is 19.2. The molecule has 0 bridgehead atoms. The predicted octanol–water partition coefficient (Wildman–Crippen LogP) is 4.05. The van der Waals surface area contributed by atoms with Crippen molar-refractivity contribution in [3.8, 4) is 10.6 Å². The SMILES string of the molecule is CC(=O)Nc1ccc(N2C(=O)c3cc(-c4cccs4)nn3CC2(C)C(=O)NC2CCCC2)cc1. The number of anilines is 2. The van der Waals surface area contributed by atoms with Gasteiger partial charge in [0.2, 0.25) is 11.8 Å².